The first-order valence-electron chi connectivity index (χ1n) is 9.53. The van der Waals surface area contributed by atoms with E-state index in [1.807, 2.05) is 36.4 Å². The molecule has 0 atom stereocenters. The summed E-state index contributed by atoms with van der Waals surface area (Å²) < 4.78 is 5.18. The zero-order chi connectivity index (χ0) is 19.4. The maximum absolute atomic E-state index is 11.7. The molecule has 0 heterocycles. The molecule has 0 saturated heterocycles. The Morgan fingerprint density at radius 3 is 2.07 bits per heavy atom. The lowest BCUT2D eigenvalue weighted by Crippen LogP contribution is -2.24. The van der Waals surface area contributed by atoms with Gasteiger partial charge in [0.1, 0.15) is 6.61 Å². The molecule has 3 rings (SSSR count). The van der Waals surface area contributed by atoms with Gasteiger partial charge in [-0.05, 0) is 35.1 Å². The number of nitrogens with one attached hydrogen (secondary N) is 1. The number of hydrogen-bond donors (Lipinski definition) is 1. The smallest absolute Gasteiger partial charge is 0.407 e. The summed E-state index contributed by atoms with van der Waals surface area (Å²) in [6, 6.07) is 28.7. The zero-order valence-corrected chi connectivity index (χ0v) is 15.9. The summed E-state index contributed by atoms with van der Waals surface area (Å²) in [6.45, 7) is 0.841. The van der Waals surface area contributed by atoms with Gasteiger partial charge in [-0.25, -0.2) is 4.79 Å². The Bertz CT molecular complexity index is 871. The second kappa shape index (κ2) is 10.7. The quantitative estimate of drug-likeness (QED) is 0.523. The highest BCUT2D eigenvalue weighted by Gasteiger charge is 2.00. The van der Waals surface area contributed by atoms with Gasteiger partial charge in [0.2, 0.25) is 0 Å². The summed E-state index contributed by atoms with van der Waals surface area (Å²) in [7, 11) is 0. The van der Waals surface area contributed by atoms with E-state index in [4.69, 9.17) is 4.74 Å². The summed E-state index contributed by atoms with van der Waals surface area (Å²) in [5.74, 6) is 0. The number of rotatable bonds is 8. The van der Waals surface area contributed by atoms with Crippen molar-refractivity contribution in [3.63, 3.8) is 0 Å². The standard InChI is InChI=1S/C25H25NO2/c27-25(28-20-24-12-5-2-6-13-24)26-18-8-7-9-21-14-16-23(17-15-21)19-22-10-3-1-4-11-22/h1-7,9-17H,8,18-20H2,(H,26,27). The average Bonchev–Trinajstić information content (AvgIpc) is 2.75. The molecule has 0 aliphatic heterocycles. The van der Waals surface area contributed by atoms with Gasteiger partial charge in [-0.1, -0.05) is 97.1 Å². The second-order valence-electron chi connectivity index (χ2n) is 6.58. The molecule has 0 bridgehead atoms. The Morgan fingerprint density at radius 2 is 1.39 bits per heavy atom. The number of carbonyl (C=O) groups is 1. The molecule has 0 fully saturated rings. The first kappa shape index (κ1) is 19.4. The van der Waals surface area contributed by atoms with Gasteiger partial charge >= 0.3 is 6.09 Å². The molecular weight excluding hydrogens is 346 g/mol. The van der Waals surface area contributed by atoms with E-state index in [-0.39, 0.29) is 12.7 Å². The van der Waals surface area contributed by atoms with E-state index in [9.17, 15) is 4.79 Å². The van der Waals surface area contributed by atoms with Crippen molar-refractivity contribution in [2.45, 2.75) is 19.4 Å². The first-order valence-corrected chi connectivity index (χ1v) is 9.53. The van der Waals surface area contributed by atoms with Crippen molar-refractivity contribution in [3.8, 4) is 0 Å². The van der Waals surface area contributed by atoms with E-state index in [0.717, 1.165) is 24.0 Å². The molecule has 3 aromatic carbocycles. The molecule has 0 unspecified atom stereocenters. The average molecular weight is 371 g/mol. The lowest BCUT2D eigenvalue weighted by atomic mass is 10.0. The molecule has 0 aliphatic rings. The summed E-state index contributed by atoms with van der Waals surface area (Å²) in [5, 5.41) is 2.76. The van der Waals surface area contributed by atoms with Gasteiger partial charge in [-0.2, -0.15) is 0 Å². The van der Waals surface area contributed by atoms with Crippen LogP contribution < -0.4 is 5.32 Å². The third kappa shape index (κ3) is 6.76. The van der Waals surface area contributed by atoms with Crippen molar-refractivity contribution < 1.29 is 9.53 Å². The number of alkyl carbamates (subject to hydrolysis) is 1. The predicted molar refractivity (Wildman–Crippen MR) is 114 cm³/mol. The number of benzene rings is 3. The summed E-state index contributed by atoms with van der Waals surface area (Å²) in [4.78, 5) is 11.7. The maximum atomic E-state index is 11.7. The Balaban J connectivity index is 1.35. The largest absolute Gasteiger partial charge is 0.445 e. The van der Waals surface area contributed by atoms with E-state index >= 15 is 0 Å². The minimum atomic E-state index is -0.387. The van der Waals surface area contributed by atoms with Crippen LogP contribution in [0.25, 0.3) is 6.08 Å². The van der Waals surface area contributed by atoms with Crippen LogP contribution in [0.2, 0.25) is 0 Å². The molecular formula is C25H25NO2. The monoisotopic (exact) mass is 371 g/mol. The van der Waals surface area contributed by atoms with Crippen LogP contribution in [0.4, 0.5) is 4.79 Å². The fraction of sp³-hybridized carbons (Fsp3) is 0.160. The third-order valence-electron chi connectivity index (χ3n) is 4.33. The molecule has 0 saturated carbocycles. The third-order valence-corrected chi connectivity index (χ3v) is 4.33. The molecule has 3 nitrogen and oxygen atoms in total. The molecule has 142 valence electrons. The lowest BCUT2D eigenvalue weighted by molar-refractivity contribution is 0.140. The Hall–Kier alpha value is -3.33. The van der Waals surface area contributed by atoms with Gasteiger partial charge in [0.05, 0.1) is 0 Å². The number of hydrogen-bond acceptors (Lipinski definition) is 2. The Morgan fingerprint density at radius 1 is 0.786 bits per heavy atom. The van der Waals surface area contributed by atoms with Crippen LogP contribution in [-0.4, -0.2) is 12.6 Å². The van der Waals surface area contributed by atoms with Gasteiger partial charge in [-0.15, -0.1) is 0 Å². The SMILES string of the molecule is O=C(NCCC=Cc1ccc(Cc2ccccc2)cc1)OCc1ccccc1. The van der Waals surface area contributed by atoms with E-state index in [0.29, 0.717) is 6.54 Å². The van der Waals surface area contributed by atoms with Crippen molar-refractivity contribution in [1.82, 2.24) is 5.32 Å². The molecule has 0 spiro atoms. The van der Waals surface area contributed by atoms with Gasteiger partial charge < -0.3 is 10.1 Å². The zero-order valence-electron chi connectivity index (χ0n) is 15.9. The van der Waals surface area contributed by atoms with Crippen LogP contribution in [0.3, 0.4) is 0 Å². The van der Waals surface area contributed by atoms with Gasteiger partial charge in [-0.3, -0.25) is 0 Å². The van der Waals surface area contributed by atoms with E-state index < -0.39 is 0 Å². The van der Waals surface area contributed by atoms with Crippen LogP contribution >= 0.6 is 0 Å². The Kier molecular flexibility index (Phi) is 7.45. The molecule has 0 aromatic heterocycles. The summed E-state index contributed by atoms with van der Waals surface area (Å²) in [5.41, 5.74) is 4.75. The van der Waals surface area contributed by atoms with Crippen molar-refractivity contribution in [1.29, 1.82) is 0 Å². The van der Waals surface area contributed by atoms with Crippen LogP contribution in [-0.2, 0) is 17.8 Å². The van der Waals surface area contributed by atoms with E-state index in [1.54, 1.807) is 0 Å². The van der Waals surface area contributed by atoms with Gasteiger partial charge in [0, 0.05) is 6.54 Å². The van der Waals surface area contributed by atoms with Crippen LogP contribution in [0.1, 0.15) is 28.7 Å². The highest BCUT2D eigenvalue weighted by Crippen LogP contribution is 2.11. The first-order chi connectivity index (χ1) is 13.8. The van der Waals surface area contributed by atoms with Crippen LogP contribution in [0.15, 0.2) is 91.0 Å². The number of amides is 1. The highest BCUT2D eigenvalue weighted by atomic mass is 16.5. The van der Waals surface area contributed by atoms with Crippen molar-refractivity contribution >= 4 is 12.2 Å². The molecule has 3 aromatic rings. The van der Waals surface area contributed by atoms with E-state index in [2.05, 4.69) is 66.0 Å². The van der Waals surface area contributed by atoms with Crippen molar-refractivity contribution in [3.05, 3.63) is 113 Å². The molecule has 1 N–H and O–H groups in total. The normalized spacial score (nSPS) is 10.7. The minimum absolute atomic E-state index is 0.290. The van der Waals surface area contributed by atoms with E-state index in [1.165, 1.54) is 11.1 Å². The molecule has 3 heteroatoms. The topological polar surface area (TPSA) is 38.3 Å². The molecule has 0 aliphatic carbocycles. The predicted octanol–water partition coefficient (Wildman–Crippen LogP) is 5.61. The fourth-order valence-corrected chi connectivity index (χ4v) is 2.83. The van der Waals surface area contributed by atoms with Gasteiger partial charge in [0.15, 0.2) is 0 Å². The lowest BCUT2D eigenvalue weighted by Gasteiger charge is -2.06. The Labute approximate surface area is 166 Å². The summed E-state index contributed by atoms with van der Waals surface area (Å²) in [6.07, 6.45) is 5.45. The highest BCUT2D eigenvalue weighted by molar-refractivity contribution is 5.67. The maximum Gasteiger partial charge on any atom is 0.407 e. The van der Waals surface area contributed by atoms with Crippen LogP contribution in [0, 0.1) is 0 Å². The summed E-state index contributed by atoms with van der Waals surface area (Å²) >= 11 is 0. The van der Waals surface area contributed by atoms with Gasteiger partial charge in [0.25, 0.3) is 0 Å². The second-order valence-corrected chi connectivity index (χ2v) is 6.58. The molecule has 0 radical (unpaired) electrons. The fourth-order valence-electron chi connectivity index (χ4n) is 2.83. The number of carbonyl (C=O) groups excluding carboxylic acids is 1. The number of ether oxygens (including phenoxy) is 1. The molecule has 1 amide bonds. The minimum Gasteiger partial charge on any atom is -0.445 e. The van der Waals surface area contributed by atoms with Crippen molar-refractivity contribution in [2.75, 3.05) is 6.54 Å². The van der Waals surface area contributed by atoms with Crippen LogP contribution in [0.5, 0.6) is 0 Å². The molecule has 28 heavy (non-hydrogen) atoms. The van der Waals surface area contributed by atoms with Crippen molar-refractivity contribution in [2.24, 2.45) is 0 Å².